The highest BCUT2D eigenvalue weighted by molar-refractivity contribution is 5.92. The molecule has 1 aliphatic rings. The summed E-state index contributed by atoms with van der Waals surface area (Å²) in [6.45, 7) is 5.05. The average Bonchev–Trinajstić information content (AvgIpc) is 2.68. The van der Waals surface area contributed by atoms with Gasteiger partial charge in [0.2, 0.25) is 0 Å². The number of nitrogens with zero attached hydrogens (tertiary/aromatic N) is 2. The molecule has 0 saturated carbocycles. The van der Waals surface area contributed by atoms with E-state index in [1.54, 1.807) is 24.3 Å². The van der Waals surface area contributed by atoms with E-state index in [1.165, 1.54) is 18.4 Å². The normalized spacial score (nSPS) is 14.1. The van der Waals surface area contributed by atoms with Gasteiger partial charge in [0.15, 0.2) is 0 Å². The average molecular weight is 353 g/mol. The molecular formula is C20H23N3O3. The fourth-order valence-corrected chi connectivity index (χ4v) is 3.08. The minimum Gasteiger partial charge on any atom is -0.465 e. The van der Waals surface area contributed by atoms with Gasteiger partial charge in [0.05, 0.1) is 12.7 Å². The second-order valence-electron chi connectivity index (χ2n) is 6.26. The lowest BCUT2D eigenvalue weighted by Crippen LogP contribution is -2.50. The van der Waals surface area contributed by atoms with Crippen LogP contribution in [0.2, 0.25) is 0 Å². The molecule has 1 N–H and O–H groups in total. The Hall–Kier alpha value is -3.02. The van der Waals surface area contributed by atoms with Crippen molar-refractivity contribution in [2.75, 3.05) is 43.5 Å². The van der Waals surface area contributed by atoms with Crippen LogP contribution in [-0.2, 0) is 4.74 Å². The Bertz CT molecular complexity index is 781. The number of esters is 1. The molecule has 1 aliphatic heterocycles. The molecule has 3 rings (SSSR count). The Morgan fingerprint density at radius 1 is 0.962 bits per heavy atom. The third-order valence-electron chi connectivity index (χ3n) is 4.58. The fourth-order valence-electron chi connectivity index (χ4n) is 3.08. The molecule has 0 radical (unpaired) electrons. The highest BCUT2D eigenvalue weighted by Gasteiger charge is 2.22. The van der Waals surface area contributed by atoms with Crippen LogP contribution in [-0.4, -0.2) is 50.2 Å². The summed E-state index contributed by atoms with van der Waals surface area (Å²) in [6.07, 6.45) is 0. The Morgan fingerprint density at radius 2 is 1.62 bits per heavy atom. The molecule has 1 fully saturated rings. The van der Waals surface area contributed by atoms with E-state index in [2.05, 4.69) is 34.0 Å². The zero-order chi connectivity index (χ0) is 18.5. The Kier molecular flexibility index (Phi) is 5.41. The minimum atomic E-state index is -0.393. The van der Waals surface area contributed by atoms with Crippen molar-refractivity contribution in [1.82, 2.24) is 4.90 Å². The van der Waals surface area contributed by atoms with E-state index in [-0.39, 0.29) is 6.03 Å². The van der Waals surface area contributed by atoms with E-state index in [0.717, 1.165) is 13.1 Å². The number of carbonyl (C=O) groups excluding carboxylic acids is 2. The lowest BCUT2D eigenvalue weighted by molar-refractivity contribution is 0.0600. The van der Waals surface area contributed by atoms with Crippen LogP contribution in [0.5, 0.6) is 0 Å². The molecule has 26 heavy (non-hydrogen) atoms. The van der Waals surface area contributed by atoms with E-state index in [4.69, 9.17) is 0 Å². The molecule has 0 atom stereocenters. The van der Waals surface area contributed by atoms with Crippen LogP contribution in [0.25, 0.3) is 0 Å². The quantitative estimate of drug-likeness (QED) is 0.861. The number of nitrogens with one attached hydrogen (secondary N) is 1. The van der Waals surface area contributed by atoms with Crippen LogP contribution < -0.4 is 10.2 Å². The van der Waals surface area contributed by atoms with Crippen LogP contribution >= 0.6 is 0 Å². The summed E-state index contributed by atoms with van der Waals surface area (Å²) in [6, 6.07) is 14.9. The van der Waals surface area contributed by atoms with Gasteiger partial charge < -0.3 is 19.9 Å². The first-order valence-electron chi connectivity index (χ1n) is 8.63. The van der Waals surface area contributed by atoms with Crippen LogP contribution in [0.15, 0.2) is 48.5 Å². The van der Waals surface area contributed by atoms with E-state index < -0.39 is 5.97 Å². The van der Waals surface area contributed by atoms with E-state index in [0.29, 0.717) is 24.3 Å². The molecular weight excluding hydrogens is 330 g/mol. The van der Waals surface area contributed by atoms with Crippen LogP contribution in [0.4, 0.5) is 16.2 Å². The number of anilines is 2. The SMILES string of the molecule is COC(=O)c1ccc(NC(=O)N2CCN(c3ccccc3C)CC2)cc1. The van der Waals surface area contributed by atoms with Crippen molar-refractivity contribution in [3.63, 3.8) is 0 Å². The molecule has 0 aliphatic carbocycles. The van der Waals surface area contributed by atoms with Gasteiger partial charge in [-0.05, 0) is 42.8 Å². The largest absolute Gasteiger partial charge is 0.465 e. The lowest BCUT2D eigenvalue weighted by Gasteiger charge is -2.36. The molecule has 0 spiro atoms. The number of methoxy groups -OCH3 is 1. The second kappa shape index (κ2) is 7.91. The van der Waals surface area contributed by atoms with Gasteiger partial charge in [0.25, 0.3) is 0 Å². The van der Waals surface area contributed by atoms with E-state index in [1.807, 2.05) is 17.0 Å². The van der Waals surface area contributed by atoms with Gasteiger partial charge in [-0.25, -0.2) is 9.59 Å². The topological polar surface area (TPSA) is 61.9 Å². The van der Waals surface area contributed by atoms with Crippen molar-refractivity contribution in [3.05, 3.63) is 59.7 Å². The summed E-state index contributed by atoms with van der Waals surface area (Å²) < 4.78 is 4.67. The predicted octanol–water partition coefficient (Wildman–Crippen LogP) is 3.14. The van der Waals surface area contributed by atoms with Gasteiger partial charge in [-0.2, -0.15) is 0 Å². The number of urea groups is 1. The molecule has 0 aromatic heterocycles. The number of ether oxygens (including phenoxy) is 1. The molecule has 2 amide bonds. The minimum absolute atomic E-state index is 0.125. The van der Waals surface area contributed by atoms with Crippen molar-refractivity contribution < 1.29 is 14.3 Å². The highest BCUT2D eigenvalue weighted by atomic mass is 16.5. The Balaban J connectivity index is 1.55. The smallest absolute Gasteiger partial charge is 0.337 e. The summed E-state index contributed by atoms with van der Waals surface area (Å²) >= 11 is 0. The van der Waals surface area contributed by atoms with Gasteiger partial charge in [0.1, 0.15) is 0 Å². The lowest BCUT2D eigenvalue weighted by atomic mass is 10.1. The van der Waals surface area contributed by atoms with Crippen molar-refractivity contribution in [2.24, 2.45) is 0 Å². The van der Waals surface area contributed by atoms with Gasteiger partial charge in [-0.15, -0.1) is 0 Å². The first kappa shape index (κ1) is 17.8. The van der Waals surface area contributed by atoms with Crippen molar-refractivity contribution in [2.45, 2.75) is 6.92 Å². The number of hydrogen-bond acceptors (Lipinski definition) is 4. The second-order valence-corrected chi connectivity index (χ2v) is 6.26. The monoisotopic (exact) mass is 353 g/mol. The number of para-hydroxylation sites is 1. The van der Waals surface area contributed by atoms with E-state index >= 15 is 0 Å². The molecule has 6 heteroatoms. The first-order valence-corrected chi connectivity index (χ1v) is 8.63. The molecule has 1 heterocycles. The van der Waals surface area contributed by atoms with Crippen LogP contribution in [0, 0.1) is 6.92 Å². The van der Waals surface area contributed by atoms with E-state index in [9.17, 15) is 9.59 Å². The predicted molar refractivity (Wildman–Crippen MR) is 102 cm³/mol. The highest BCUT2D eigenvalue weighted by Crippen LogP contribution is 2.21. The summed E-state index contributed by atoms with van der Waals surface area (Å²) in [7, 11) is 1.34. The maximum absolute atomic E-state index is 12.5. The Labute approximate surface area is 153 Å². The number of piperazine rings is 1. The van der Waals surface area contributed by atoms with Gasteiger partial charge in [-0.3, -0.25) is 0 Å². The fraction of sp³-hybridized carbons (Fsp3) is 0.300. The first-order chi connectivity index (χ1) is 12.6. The molecule has 2 aromatic carbocycles. The summed E-state index contributed by atoms with van der Waals surface area (Å²) in [5.74, 6) is -0.393. The molecule has 0 unspecified atom stereocenters. The maximum atomic E-state index is 12.5. The zero-order valence-corrected chi connectivity index (χ0v) is 15.1. The number of rotatable bonds is 3. The van der Waals surface area contributed by atoms with Gasteiger partial charge >= 0.3 is 12.0 Å². The molecule has 0 bridgehead atoms. The molecule has 136 valence electrons. The third kappa shape index (κ3) is 3.96. The number of carbonyl (C=O) groups is 2. The summed E-state index contributed by atoms with van der Waals surface area (Å²) in [5.41, 5.74) is 3.59. The van der Waals surface area contributed by atoms with Crippen LogP contribution in [0.3, 0.4) is 0 Å². The molecule has 2 aromatic rings. The molecule has 6 nitrogen and oxygen atoms in total. The van der Waals surface area contributed by atoms with Crippen molar-refractivity contribution >= 4 is 23.4 Å². The van der Waals surface area contributed by atoms with Crippen molar-refractivity contribution in [1.29, 1.82) is 0 Å². The van der Waals surface area contributed by atoms with Crippen molar-refractivity contribution in [3.8, 4) is 0 Å². The number of benzene rings is 2. The zero-order valence-electron chi connectivity index (χ0n) is 15.1. The Morgan fingerprint density at radius 3 is 2.23 bits per heavy atom. The summed E-state index contributed by atoms with van der Waals surface area (Å²) in [5, 5.41) is 2.88. The number of hydrogen-bond donors (Lipinski definition) is 1. The summed E-state index contributed by atoms with van der Waals surface area (Å²) in [4.78, 5) is 28.0. The third-order valence-corrected chi connectivity index (χ3v) is 4.58. The molecule has 1 saturated heterocycles. The van der Waals surface area contributed by atoms with Gasteiger partial charge in [0, 0.05) is 37.6 Å². The number of aryl methyl sites for hydroxylation is 1. The maximum Gasteiger partial charge on any atom is 0.337 e. The standard InChI is InChI=1S/C20H23N3O3/c1-15-5-3-4-6-18(15)22-11-13-23(14-12-22)20(25)21-17-9-7-16(8-10-17)19(24)26-2/h3-10H,11-14H2,1-2H3,(H,21,25). The van der Waals surface area contributed by atoms with Gasteiger partial charge in [-0.1, -0.05) is 18.2 Å². The number of amides is 2. The van der Waals surface area contributed by atoms with Crippen LogP contribution in [0.1, 0.15) is 15.9 Å².